The van der Waals surface area contributed by atoms with Gasteiger partial charge in [-0.2, -0.15) is 0 Å². The SMILES string of the molecule is COc1cc(OC)c2c[c]ccc2c1. The maximum atomic E-state index is 5.27. The van der Waals surface area contributed by atoms with Gasteiger partial charge in [-0.05, 0) is 23.6 Å². The number of hydrogen-bond donors (Lipinski definition) is 0. The Morgan fingerprint density at radius 1 is 1.14 bits per heavy atom. The Hall–Kier alpha value is -1.70. The highest BCUT2D eigenvalue weighted by Gasteiger charge is 2.03. The molecule has 0 N–H and O–H groups in total. The molecule has 2 heteroatoms. The van der Waals surface area contributed by atoms with Gasteiger partial charge in [0.25, 0.3) is 0 Å². The summed E-state index contributed by atoms with van der Waals surface area (Å²) in [6.07, 6.45) is 0. The van der Waals surface area contributed by atoms with Crippen LogP contribution in [0.1, 0.15) is 0 Å². The highest BCUT2D eigenvalue weighted by molar-refractivity contribution is 5.89. The number of hydrogen-bond acceptors (Lipinski definition) is 2. The fourth-order valence-corrected chi connectivity index (χ4v) is 1.47. The maximum absolute atomic E-state index is 5.27. The molecular weight excluding hydrogens is 176 g/mol. The first-order chi connectivity index (χ1) is 6.85. The normalized spacial score (nSPS) is 10.1. The summed E-state index contributed by atoms with van der Waals surface area (Å²) in [5, 5.41) is 2.15. The lowest BCUT2D eigenvalue weighted by Gasteiger charge is -2.07. The molecule has 71 valence electrons. The van der Waals surface area contributed by atoms with Gasteiger partial charge in [-0.1, -0.05) is 12.1 Å². The molecule has 0 saturated carbocycles. The first kappa shape index (κ1) is 8.88. The third-order valence-electron chi connectivity index (χ3n) is 2.19. The van der Waals surface area contributed by atoms with Crippen molar-refractivity contribution in [2.45, 2.75) is 0 Å². The van der Waals surface area contributed by atoms with E-state index in [4.69, 9.17) is 9.47 Å². The molecule has 14 heavy (non-hydrogen) atoms. The molecule has 0 saturated heterocycles. The Bertz CT molecular complexity index is 449. The summed E-state index contributed by atoms with van der Waals surface area (Å²) in [5.41, 5.74) is 0. The van der Waals surface area contributed by atoms with Gasteiger partial charge in [-0.15, -0.1) is 0 Å². The smallest absolute Gasteiger partial charge is 0.130 e. The predicted octanol–water partition coefficient (Wildman–Crippen LogP) is 2.66. The largest absolute Gasteiger partial charge is 0.497 e. The monoisotopic (exact) mass is 187 g/mol. The Labute approximate surface area is 83.1 Å². The van der Waals surface area contributed by atoms with Crippen LogP contribution in [0.5, 0.6) is 11.5 Å². The van der Waals surface area contributed by atoms with Crippen LogP contribution < -0.4 is 9.47 Å². The van der Waals surface area contributed by atoms with Crippen LogP contribution in [0, 0.1) is 6.07 Å². The topological polar surface area (TPSA) is 18.5 Å². The molecule has 2 aromatic carbocycles. The van der Waals surface area contributed by atoms with Gasteiger partial charge in [0.15, 0.2) is 0 Å². The minimum absolute atomic E-state index is 0.806. The molecule has 0 fully saturated rings. The standard InChI is InChI=1S/C12H11O2/c1-13-10-7-9-5-3-4-6-11(9)12(8-10)14-2/h3,5-8H,1-2H3. The van der Waals surface area contributed by atoms with Crippen molar-refractivity contribution in [3.8, 4) is 11.5 Å². The average Bonchev–Trinajstić information content (AvgIpc) is 2.27. The summed E-state index contributed by atoms with van der Waals surface area (Å²) >= 11 is 0. The van der Waals surface area contributed by atoms with Crippen molar-refractivity contribution < 1.29 is 9.47 Å². The quantitative estimate of drug-likeness (QED) is 0.719. The van der Waals surface area contributed by atoms with Gasteiger partial charge < -0.3 is 9.47 Å². The molecule has 0 aliphatic rings. The van der Waals surface area contributed by atoms with E-state index in [0.29, 0.717) is 0 Å². The van der Waals surface area contributed by atoms with Crippen LogP contribution in [0.3, 0.4) is 0 Å². The number of fused-ring (bicyclic) bond motifs is 1. The van der Waals surface area contributed by atoms with Gasteiger partial charge >= 0.3 is 0 Å². The zero-order valence-corrected chi connectivity index (χ0v) is 8.20. The van der Waals surface area contributed by atoms with Crippen molar-refractivity contribution in [2.75, 3.05) is 14.2 Å². The van der Waals surface area contributed by atoms with Gasteiger partial charge in [-0.25, -0.2) is 0 Å². The molecule has 0 unspecified atom stereocenters. The second kappa shape index (κ2) is 3.58. The van der Waals surface area contributed by atoms with Crippen LogP contribution in [-0.2, 0) is 0 Å². The van der Waals surface area contributed by atoms with Crippen molar-refractivity contribution in [2.24, 2.45) is 0 Å². The summed E-state index contributed by atoms with van der Waals surface area (Å²) in [6.45, 7) is 0. The Morgan fingerprint density at radius 3 is 2.71 bits per heavy atom. The molecule has 0 atom stereocenters. The van der Waals surface area contributed by atoms with E-state index < -0.39 is 0 Å². The minimum Gasteiger partial charge on any atom is -0.497 e. The maximum Gasteiger partial charge on any atom is 0.130 e. The van der Waals surface area contributed by atoms with Crippen LogP contribution in [-0.4, -0.2) is 14.2 Å². The Morgan fingerprint density at radius 2 is 2.00 bits per heavy atom. The predicted molar refractivity (Wildman–Crippen MR) is 55.9 cm³/mol. The Kier molecular flexibility index (Phi) is 2.27. The van der Waals surface area contributed by atoms with E-state index in [1.165, 1.54) is 0 Å². The van der Waals surface area contributed by atoms with Crippen molar-refractivity contribution >= 4 is 10.8 Å². The lowest BCUT2D eigenvalue weighted by atomic mass is 10.1. The highest BCUT2D eigenvalue weighted by atomic mass is 16.5. The number of rotatable bonds is 2. The molecular formula is C12H11O2. The average molecular weight is 187 g/mol. The fraction of sp³-hybridized carbons (Fsp3) is 0.167. The van der Waals surface area contributed by atoms with Crippen molar-refractivity contribution in [3.05, 3.63) is 36.4 Å². The molecule has 0 heterocycles. The molecule has 0 aromatic heterocycles. The zero-order valence-electron chi connectivity index (χ0n) is 8.20. The van der Waals surface area contributed by atoms with Crippen molar-refractivity contribution in [1.29, 1.82) is 0 Å². The van der Waals surface area contributed by atoms with E-state index in [9.17, 15) is 0 Å². The third kappa shape index (κ3) is 1.39. The first-order valence-electron chi connectivity index (χ1n) is 4.37. The molecule has 0 aliphatic carbocycles. The van der Waals surface area contributed by atoms with Gasteiger partial charge in [0.1, 0.15) is 11.5 Å². The molecule has 0 bridgehead atoms. The lowest BCUT2D eigenvalue weighted by Crippen LogP contribution is -1.88. The second-order valence-corrected chi connectivity index (χ2v) is 2.98. The van der Waals surface area contributed by atoms with E-state index in [1.807, 2.05) is 30.3 Å². The summed E-state index contributed by atoms with van der Waals surface area (Å²) in [5.74, 6) is 1.62. The number of methoxy groups -OCH3 is 2. The van der Waals surface area contributed by atoms with Gasteiger partial charge in [-0.3, -0.25) is 0 Å². The van der Waals surface area contributed by atoms with Crippen LogP contribution >= 0.6 is 0 Å². The van der Waals surface area contributed by atoms with E-state index in [2.05, 4.69) is 6.07 Å². The van der Waals surface area contributed by atoms with E-state index in [0.717, 1.165) is 22.3 Å². The second-order valence-electron chi connectivity index (χ2n) is 2.98. The zero-order chi connectivity index (χ0) is 9.97. The fourth-order valence-electron chi connectivity index (χ4n) is 1.47. The summed E-state index contributed by atoms with van der Waals surface area (Å²) < 4.78 is 10.4. The van der Waals surface area contributed by atoms with Gasteiger partial charge in [0, 0.05) is 11.5 Å². The summed E-state index contributed by atoms with van der Waals surface area (Å²) in [7, 11) is 3.30. The molecule has 1 radical (unpaired) electrons. The summed E-state index contributed by atoms with van der Waals surface area (Å²) in [6, 6.07) is 12.6. The minimum atomic E-state index is 0.806. The molecule has 0 spiro atoms. The summed E-state index contributed by atoms with van der Waals surface area (Å²) in [4.78, 5) is 0. The first-order valence-corrected chi connectivity index (χ1v) is 4.37. The van der Waals surface area contributed by atoms with Crippen molar-refractivity contribution in [1.82, 2.24) is 0 Å². The molecule has 2 nitrogen and oxygen atoms in total. The third-order valence-corrected chi connectivity index (χ3v) is 2.19. The van der Waals surface area contributed by atoms with Crippen LogP contribution in [0.25, 0.3) is 10.8 Å². The number of ether oxygens (including phenoxy) is 2. The molecule has 2 aromatic rings. The molecule has 2 rings (SSSR count). The molecule has 0 amide bonds. The van der Waals surface area contributed by atoms with Gasteiger partial charge in [0.2, 0.25) is 0 Å². The lowest BCUT2D eigenvalue weighted by molar-refractivity contribution is 0.398. The van der Waals surface area contributed by atoms with E-state index in [1.54, 1.807) is 14.2 Å². The highest BCUT2D eigenvalue weighted by Crippen LogP contribution is 2.30. The van der Waals surface area contributed by atoms with Crippen LogP contribution in [0.15, 0.2) is 30.3 Å². The van der Waals surface area contributed by atoms with E-state index in [-0.39, 0.29) is 0 Å². The van der Waals surface area contributed by atoms with Gasteiger partial charge in [0.05, 0.1) is 14.2 Å². The number of benzene rings is 2. The van der Waals surface area contributed by atoms with Crippen LogP contribution in [0.2, 0.25) is 0 Å². The van der Waals surface area contributed by atoms with Crippen LogP contribution in [0.4, 0.5) is 0 Å². The Balaban J connectivity index is 2.73. The molecule has 0 aliphatic heterocycles. The van der Waals surface area contributed by atoms with E-state index >= 15 is 0 Å². The van der Waals surface area contributed by atoms with Crippen molar-refractivity contribution in [3.63, 3.8) is 0 Å².